The molecule has 2 aliphatic rings. The molecule has 0 bridgehead atoms. The Bertz CT molecular complexity index is 995. The third-order valence-electron chi connectivity index (χ3n) is 6.36. The predicted molar refractivity (Wildman–Crippen MR) is 113 cm³/mol. The van der Waals surface area contributed by atoms with Gasteiger partial charge in [-0.25, -0.2) is 4.39 Å². The molecular formula is C25H24F7NO. The second-order valence-electron chi connectivity index (χ2n) is 8.72. The molecular weight excluding hydrogens is 463 g/mol. The molecule has 0 N–H and O–H groups in total. The summed E-state index contributed by atoms with van der Waals surface area (Å²) in [5.74, 6) is -0.450. The molecule has 0 radical (unpaired) electrons. The van der Waals surface area contributed by atoms with Crippen molar-refractivity contribution in [2.24, 2.45) is 0 Å². The molecule has 1 aliphatic carbocycles. The molecule has 1 heterocycles. The van der Waals surface area contributed by atoms with E-state index in [0.29, 0.717) is 13.1 Å². The number of ether oxygens (including phenoxy) is 1. The highest BCUT2D eigenvalue weighted by atomic mass is 19.4. The lowest BCUT2D eigenvalue weighted by Crippen LogP contribution is -2.24. The van der Waals surface area contributed by atoms with Crippen molar-refractivity contribution < 1.29 is 35.5 Å². The van der Waals surface area contributed by atoms with Gasteiger partial charge in [0.2, 0.25) is 0 Å². The summed E-state index contributed by atoms with van der Waals surface area (Å²) in [6, 6.07) is 7.70. The van der Waals surface area contributed by atoms with Crippen molar-refractivity contribution in [1.82, 2.24) is 4.90 Å². The van der Waals surface area contributed by atoms with Gasteiger partial charge in [-0.2, -0.15) is 26.3 Å². The average Bonchev–Trinajstić information content (AvgIpc) is 3.43. The number of likely N-dealkylation sites (tertiary alicyclic amines) is 1. The fourth-order valence-corrected chi connectivity index (χ4v) is 4.64. The number of alkyl halides is 6. The van der Waals surface area contributed by atoms with Crippen LogP contribution in [0.5, 0.6) is 0 Å². The van der Waals surface area contributed by atoms with Crippen molar-refractivity contribution in [2.75, 3.05) is 19.7 Å². The van der Waals surface area contributed by atoms with Crippen molar-refractivity contribution in [3.05, 3.63) is 82.3 Å². The average molecular weight is 487 g/mol. The van der Waals surface area contributed by atoms with Crippen LogP contribution in [0.4, 0.5) is 30.7 Å². The maximum atomic E-state index is 13.4. The van der Waals surface area contributed by atoms with Gasteiger partial charge in [0.25, 0.3) is 0 Å². The molecule has 0 aromatic heterocycles. The van der Waals surface area contributed by atoms with Gasteiger partial charge in [-0.05, 0) is 67.1 Å². The summed E-state index contributed by atoms with van der Waals surface area (Å²) in [6.45, 7) is 1.18. The number of hydrogen-bond acceptors (Lipinski definition) is 2. The van der Waals surface area contributed by atoms with E-state index < -0.39 is 23.5 Å². The van der Waals surface area contributed by atoms with Gasteiger partial charge in [0, 0.05) is 24.7 Å². The highest BCUT2D eigenvalue weighted by Gasteiger charge is 2.38. The first-order valence-electron chi connectivity index (χ1n) is 11.1. The normalized spacial score (nSPS) is 21.3. The zero-order valence-corrected chi connectivity index (χ0v) is 18.2. The van der Waals surface area contributed by atoms with Gasteiger partial charge < -0.3 is 9.64 Å². The Balaban J connectivity index is 1.49. The van der Waals surface area contributed by atoms with Gasteiger partial charge >= 0.3 is 12.4 Å². The molecule has 2 aromatic rings. The van der Waals surface area contributed by atoms with Gasteiger partial charge in [0.1, 0.15) is 5.82 Å². The first kappa shape index (κ1) is 24.6. The van der Waals surface area contributed by atoms with Crippen LogP contribution in [-0.4, -0.2) is 30.7 Å². The number of nitrogens with zero attached hydrogens (tertiary/aromatic N) is 1. The highest BCUT2D eigenvalue weighted by molar-refractivity contribution is 5.34. The number of halogens is 7. The molecule has 1 aliphatic heterocycles. The lowest BCUT2D eigenvalue weighted by Gasteiger charge is -2.20. The van der Waals surface area contributed by atoms with E-state index in [2.05, 4.69) is 11.0 Å². The van der Waals surface area contributed by atoms with Crippen molar-refractivity contribution in [2.45, 2.75) is 50.1 Å². The van der Waals surface area contributed by atoms with E-state index in [4.69, 9.17) is 4.74 Å². The van der Waals surface area contributed by atoms with Crippen LogP contribution in [0.1, 0.15) is 47.4 Å². The van der Waals surface area contributed by atoms with Gasteiger partial charge in [0.15, 0.2) is 0 Å². The quantitative estimate of drug-likeness (QED) is 0.409. The summed E-state index contributed by atoms with van der Waals surface area (Å²) in [5.41, 5.74) is -0.658. The lowest BCUT2D eigenvalue weighted by atomic mass is 9.96. The van der Waals surface area contributed by atoms with Crippen LogP contribution < -0.4 is 0 Å². The molecule has 9 heteroatoms. The van der Waals surface area contributed by atoms with E-state index in [9.17, 15) is 30.7 Å². The van der Waals surface area contributed by atoms with Crippen LogP contribution in [0.2, 0.25) is 0 Å². The molecule has 0 saturated carbocycles. The molecule has 2 aromatic carbocycles. The van der Waals surface area contributed by atoms with E-state index >= 15 is 0 Å². The monoisotopic (exact) mass is 487 g/mol. The summed E-state index contributed by atoms with van der Waals surface area (Å²) in [4.78, 5) is 2.21. The molecule has 4 rings (SSSR count). The number of hydrogen-bond donors (Lipinski definition) is 0. The summed E-state index contributed by atoms with van der Waals surface area (Å²) in [7, 11) is 0. The van der Waals surface area contributed by atoms with Gasteiger partial charge in [-0.15, -0.1) is 0 Å². The Labute approximate surface area is 193 Å². The predicted octanol–water partition coefficient (Wildman–Crippen LogP) is 6.96. The Hall–Kier alpha value is -2.55. The summed E-state index contributed by atoms with van der Waals surface area (Å²) in [5, 5.41) is 0. The largest absolute Gasteiger partial charge is 0.416 e. The number of rotatable bonds is 6. The number of allylic oxidation sites excluding steroid dienone is 2. The Kier molecular flexibility index (Phi) is 6.94. The van der Waals surface area contributed by atoms with Gasteiger partial charge in [-0.3, -0.25) is 0 Å². The Morgan fingerprint density at radius 2 is 1.53 bits per heavy atom. The molecule has 0 amide bonds. The molecule has 2 nitrogen and oxygen atoms in total. The van der Waals surface area contributed by atoms with Crippen LogP contribution in [0, 0.1) is 5.82 Å². The van der Waals surface area contributed by atoms with Crippen molar-refractivity contribution in [3.8, 4) is 0 Å². The fraction of sp³-hybridized carbons (Fsp3) is 0.440. The summed E-state index contributed by atoms with van der Waals surface area (Å²) in [6.07, 6.45) is -5.00. The third-order valence-corrected chi connectivity index (χ3v) is 6.36. The van der Waals surface area contributed by atoms with Crippen LogP contribution in [0.25, 0.3) is 0 Å². The van der Waals surface area contributed by atoms with Crippen LogP contribution >= 0.6 is 0 Å². The van der Waals surface area contributed by atoms with Crippen molar-refractivity contribution >= 4 is 0 Å². The molecule has 2 atom stereocenters. The molecule has 184 valence electrons. The third kappa shape index (κ3) is 5.74. The number of benzene rings is 2. The van der Waals surface area contributed by atoms with E-state index in [1.54, 1.807) is 12.1 Å². The van der Waals surface area contributed by atoms with E-state index in [1.165, 1.54) is 17.8 Å². The molecule has 0 spiro atoms. The minimum absolute atomic E-state index is 0.0339. The maximum Gasteiger partial charge on any atom is 0.416 e. The second kappa shape index (κ2) is 9.60. The van der Waals surface area contributed by atoms with Crippen LogP contribution in [0.15, 0.2) is 54.2 Å². The topological polar surface area (TPSA) is 12.5 Å². The van der Waals surface area contributed by atoms with Crippen LogP contribution in [0.3, 0.4) is 0 Å². The smallest absolute Gasteiger partial charge is 0.375 e. The van der Waals surface area contributed by atoms with Crippen molar-refractivity contribution in [3.63, 3.8) is 0 Å². The second-order valence-corrected chi connectivity index (χ2v) is 8.72. The Morgan fingerprint density at radius 3 is 2.09 bits per heavy atom. The van der Waals surface area contributed by atoms with Crippen molar-refractivity contribution in [1.29, 1.82) is 0 Å². The van der Waals surface area contributed by atoms with E-state index in [-0.39, 0.29) is 42.5 Å². The standard InChI is InChI=1S/C25H24F7NO/c26-20-7-5-17(6-8-20)22-14-33(21-3-1-2-4-21)15-23(22)34-10-9-16-11-18(24(27,28)29)13-19(12-16)25(30,31)32/h3,5-8,11-13,22-23H,1-2,4,9-10,14-15H2/t22-,23-/m0/s1. The summed E-state index contributed by atoms with van der Waals surface area (Å²) >= 11 is 0. The SMILES string of the molecule is Fc1ccc([C@@H]2CN(C3=CCCC3)C[C@@H]2OCCc2cc(C(F)(F)F)cc(C(F)(F)F)c2)cc1. The lowest BCUT2D eigenvalue weighted by molar-refractivity contribution is -0.143. The zero-order valence-electron chi connectivity index (χ0n) is 18.2. The molecule has 1 fully saturated rings. The molecule has 34 heavy (non-hydrogen) atoms. The molecule has 1 saturated heterocycles. The highest BCUT2D eigenvalue weighted by Crippen LogP contribution is 2.37. The Morgan fingerprint density at radius 1 is 0.882 bits per heavy atom. The van der Waals surface area contributed by atoms with E-state index in [0.717, 1.165) is 37.0 Å². The zero-order chi connectivity index (χ0) is 24.5. The van der Waals surface area contributed by atoms with Crippen LogP contribution in [-0.2, 0) is 23.5 Å². The minimum atomic E-state index is -4.88. The maximum absolute atomic E-state index is 13.4. The molecule has 0 unspecified atom stereocenters. The first-order valence-corrected chi connectivity index (χ1v) is 11.1. The van der Waals surface area contributed by atoms with E-state index in [1.807, 2.05) is 0 Å². The summed E-state index contributed by atoms with van der Waals surface area (Å²) < 4.78 is 98.2. The van der Waals surface area contributed by atoms with Gasteiger partial charge in [-0.1, -0.05) is 18.2 Å². The fourth-order valence-electron chi connectivity index (χ4n) is 4.64. The van der Waals surface area contributed by atoms with Gasteiger partial charge in [0.05, 0.1) is 23.8 Å². The minimum Gasteiger partial charge on any atom is -0.375 e. The first-order chi connectivity index (χ1) is 16.0.